The predicted octanol–water partition coefficient (Wildman–Crippen LogP) is 3.42. The van der Waals surface area contributed by atoms with Crippen LogP contribution in [0.1, 0.15) is 49.5 Å². The molecule has 0 fully saturated rings. The second kappa shape index (κ2) is 7.10. The zero-order valence-corrected chi connectivity index (χ0v) is 11.1. The van der Waals surface area contributed by atoms with Crippen LogP contribution in [0.15, 0.2) is 24.3 Å². The monoisotopic (exact) mass is 233 g/mol. The molecule has 17 heavy (non-hydrogen) atoms. The minimum absolute atomic E-state index is 0.0642. The highest BCUT2D eigenvalue weighted by Crippen LogP contribution is 2.10. The van der Waals surface area contributed by atoms with Crippen LogP contribution in [0.2, 0.25) is 0 Å². The molecule has 1 aromatic rings. The van der Waals surface area contributed by atoms with Gasteiger partial charge in [-0.15, -0.1) is 0 Å². The number of nitrogens with one attached hydrogen (secondary N) is 1. The number of carbonyl (C=O) groups is 1. The molecule has 0 aliphatic heterocycles. The van der Waals surface area contributed by atoms with Crippen molar-refractivity contribution in [3.05, 3.63) is 35.4 Å². The summed E-state index contributed by atoms with van der Waals surface area (Å²) >= 11 is 0. The largest absolute Gasteiger partial charge is 0.352 e. The van der Waals surface area contributed by atoms with Gasteiger partial charge in [0, 0.05) is 12.1 Å². The van der Waals surface area contributed by atoms with E-state index in [-0.39, 0.29) is 5.91 Å². The van der Waals surface area contributed by atoms with Crippen LogP contribution >= 0.6 is 0 Å². The average molecular weight is 233 g/mol. The van der Waals surface area contributed by atoms with Crippen LogP contribution < -0.4 is 5.32 Å². The molecule has 0 saturated heterocycles. The first-order valence-electron chi connectivity index (χ1n) is 6.58. The van der Waals surface area contributed by atoms with Gasteiger partial charge in [-0.25, -0.2) is 0 Å². The van der Waals surface area contributed by atoms with Crippen LogP contribution in [-0.4, -0.2) is 12.5 Å². The van der Waals surface area contributed by atoms with Crippen LogP contribution in [0, 0.1) is 5.92 Å². The van der Waals surface area contributed by atoms with Gasteiger partial charge in [-0.05, 0) is 24.0 Å². The highest BCUT2D eigenvalue weighted by atomic mass is 16.1. The highest BCUT2D eigenvalue weighted by Gasteiger charge is 2.11. The Morgan fingerprint density at radius 1 is 1.18 bits per heavy atom. The first-order valence-corrected chi connectivity index (χ1v) is 6.58. The summed E-state index contributed by atoms with van der Waals surface area (Å²) in [5, 5.41) is 3.04. The molecule has 0 aromatic heterocycles. The Kier molecular flexibility index (Phi) is 5.75. The number of hydrogen-bond donors (Lipinski definition) is 1. The van der Waals surface area contributed by atoms with Gasteiger partial charge in [0.1, 0.15) is 0 Å². The molecule has 1 aromatic carbocycles. The van der Waals surface area contributed by atoms with E-state index in [2.05, 4.69) is 26.1 Å². The van der Waals surface area contributed by atoms with Crippen LogP contribution in [0.25, 0.3) is 0 Å². The van der Waals surface area contributed by atoms with E-state index in [4.69, 9.17) is 0 Å². The summed E-state index contributed by atoms with van der Waals surface area (Å²) in [5.41, 5.74) is 1.94. The van der Waals surface area contributed by atoms with Gasteiger partial charge in [0.05, 0.1) is 0 Å². The molecule has 0 aliphatic rings. The Labute approximate surface area is 104 Å². The first kappa shape index (κ1) is 13.8. The molecule has 0 spiro atoms. The lowest BCUT2D eigenvalue weighted by atomic mass is 10.0. The molecule has 0 aliphatic carbocycles. The van der Waals surface area contributed by atoms with E-state index in [1.54, 1.807) is 0 Å². The Morgan fingerprint density at radius 3 is 2.41 bits per heavy atom. The Morgan fingerprint density at radius 2 is 1.82 bits per heavy atom. The maximum atomic E-state index is 12.0. The summed E-state index contributed by atoms with van der Waals surface area (Å²) in [6, 6.07) is 7.83. The normalized spacial score (nSPS) is 10.6. The quantitative estimate of drug-likeness (QED) is 0.801. The molecular weight excluding hydrogens is 210 g/mol. The highest BCUT2D eigenvalue weighted by molar-refractivity contribution is 5.95. The lowest BCUT2D eigenvalue weighted by molar-refractivity contribution is 0.0945. The van der Waals surface area contributed by atoms with Gasteiger partial charge in [-0.1, -0.05) is 51.8 Å². The molecule has 0 atom stereocenters. The number of rotatable bonds is 6. The lowest BCUT2D eigenvalue weighted by Crippen LogP contribution is -2.29. The van der Waals surface area contributed by atoms with Crippen molar-refractivity contribution in [2.75, 3.05) is 6.54 Å². The zero-order chi connectivity index (χ0) is 12.7. The average Bonchev–Trinajstić information content (AvgIpc) is 2.39. The third-order valence-corrected chi connectivity index (χ3v) is 3.35. The molecule has 2 heteroatoms. The van der Waals surface area contributed by atoms with Crippen molar-refractivity contribution in [3.8, 4) is 0 Å². The standard InChI is InChI=1S/C15H23NO/c1-4-12(5-2)11-16-15(17)14-10-8-7-9-13(14)6-3/h7-10,12H,4-6,11H2,1-3H3,(H,16,17). The molecule has 1 amide bonds. The van der Waals surface area contributed by atoms with Crippen molar-refractivity contribution >= 4 is 5.91 Å². The topological polar surface area (TPSA) is 29.1 Å². The van der Waals surface area contributed by atoms with Crippen molar-refractivity contribution in [1.82, 2.24) is 5.32 Å². The van der Waals surface area contributed by atoms with E-state index in [0.29, 0.717) is 5.92 Å². The summed E-state index contributed by atoms with van der Waals surface area (Å²) in [6.45, 7) is 7.19. The second-order valence-corrected chi connectivity index (χ2v) is 4.40. The molecule has 0 unspecified atom stereocenters. The van der Waals surface area contributed by atoms with Crippen molar-refractivity contribution in [1.29, 1.82) is 0 Å². The maximum Gasteiger partial charge on any atom is 0.251 e. The molecular formula is C15H23NO. The van der Waals surface area contributed by atoms with Gasteiger partial charge in [0.25, 0.3) is 5.91 Å². The lowest BCUT2D eigenvalue weighted by Gasteiger charge is -2.14. The van der Waals surface area contributed by atoms with Gasteiger partial charge in [0.15, 0.2) is 0 Å². The summed E-state index contributed by atoms with van der Waals surface area (Å²) < 4.78 is 0. The fourth-order valence-electron chi connectivity index (χ4n) is 1.96. The van der Waals surface area contributed by atoms with Crippen LogP contribution in [0.3, 0.4) is 0 Å². The van der Waals surface area contributed by atoms with Gasteiger partial charge in [0.2, 0.25) is 0 Å². The van der Waals surface area contributed by atoms with Gasteiger partial charge < -0.3 is 5.32 Å². The minimum atomic E-state index is 0.0642. The van der Waals surface area contributed by atoms with Gasteiger partial charge in [-0.2, -0.15) is 0 Å². The SMILES string of the molecule is CCc1ccccc1C(=O)NCC(CC)CC. The maximum absolute atomic E-state index is 12.0. The summed E-state index contributed by atoms with van der Waals surface area (Å²) in [6.07, 6.45) is 3.13. The van der Waals surface area contributed by atoms with Crippen LogP contribution in [-0.2, 0) is 6.42 Å². The molecule has 0 saturated carbocycles. The Hall–Kier alpha value is -1.31. The van der Waals surface area contributed by atoms with Crippen LogP contribution in [0.4, 0.5) is 0 Å². The van der Waals surface area contributed by atoms with Crippen molar-refractivity contribution in [2.45, 2.75) is 40.0 Å². The van der Waals surface area contributed by atoms with E-state index in [1.807, 2.05) is 24.3 Å². The second-order valence-electron chi connectivity index (χ2n) is 4.40. The Bertz CT molecular complexity index is 356. The van der Waals surface area contributed by atoms with Crippen molar-refractivity contribution in [3.63, 3.8) is 0 Å². The summed E-state index contributed by atoms with van der Waals surface area (Å²) in [4.78, 5) is 12.0. The van der Waals surface area contributed by atoms with Crippen LogP contribution in [0.5, 0.6) is 0 Å². The third kappa shape index (κ3) is 3.88. The van der Waals surface area contributed by atoms with E-state index < -0.39 is 0 Å². The predicted molar refractivity (Wildman–Crippen MR) is 72.2 cm³/mol. The molecule has 0 heterocycles. The van der Waals surface area contributed by atoms with E-state index in [1.165, 1.54) is 0 Å². The van der Waals surface area contributed by atoms with Crippen molar-refractivity contribution < 1.29 is 4.79 Å². The Balaban J connectivity index is 2.63. The number of benzene rings is 1. The van der Waals surface area contributed by atoms with E-state index in [0.717, 1.165) is 36.9 Å². The van der Waals surface area contributed by atoms with Crippen molar-refractivity contribution in [2.24, 2.45) is 5.92 Å². The smallest absolute Gasteiger partial charge is 0.251 e. The minimum Gasteiger partial charge on any atom is -0.352 e. The zero-order valence-electron chi connectivity index (χ0n) is 11.1. The molecule has 1 N–H and O–H groups in total. The number of aryl methyl sites for hydroxylation is 1. The fourth-order valence-corrected chi connectivity index (χ4v) is 1.96. The first-order chi connectivity index (χ1) is 8.22. The third-order valence-electron chi connectivity index (χ3n) is 3.35. The molecule has 0 radical (unpaired) electrons. The number of carbonyl (C=O) groups excluding carboxylic acids is 1. The molecule has 0 bridgehead atoms. The molecule has 1 rings (SSSR count). The molecule has 94 valence electrons. The number of amides is 1. The summed E-state index contributed by atoms with van der Waals surface area (Å²) in [5.74, 6) is 0.655. The summed E-state index contributed by atoms with van der Waals surface area (Å²) in [7, 11) is 0. The van der Waals surface area contributed by atoms with E-state index >= 15 is 0 Å². The molecule has 2 nitrogen and oxygen atoms in total. The van der Waals surface area contributed by atoms with Gasteiger partial charge >= 0.3 is 0 Å². The fraction of sp³-hybridized carbons (Fsp3) is 0.533. The number of hydrogen-bond acceptors (Lipinski definition) is 1. The van der Waals surface area contributed by atoms with E-state index in [9.17, 15) is 4.79 Å². The van der Waals surface area contributed by atoms with Gasteiger partial charge in [-0.3, -0.25) is 4.79 Å².